The molecule has 3 atom stereocenters. The molecule has 0 bridgehead atoms. The summed E-state index contributed by atoms with van der Waals surface area (Å²) < 4.78 is 22.8. The highest BCUT2D eigenvalue weighted by molar-refractivity contribution is 5.79. The summed E-state index contributed by atoms with van der Waals surface area (Å²) in [6, 6.07) is 15.2. The van der Waals surface area contributed by atoms with E-state index < -0.39 is 0 Å². The molecule has 2 saturated heterocycles. The SMILES string of the molecule is CCCCCCCCc1cccc(C2=CCC(c3ccc(OCC4CO4)cc3)C=C2)c1OCC1CO1. The molecule has 2 aromatic carbocycles. The van der Waals surface area contributed by atoms with Crippen molar-refractivity contribution in [1.29, 1.82) is 0 Å². The number of epoxide rings is 2. The van der Waals surface area contributed by atoms with Crippen molar-refractivity contribution >= 4 is 5.57 Å². The minimum Gasteiger partial charge on any atom is -0.491 e. The zero-order valence-corrected chi connectivity index (χ0v) is 21.6. The van der Waals surface area contributed by atoms with Gasteiger partial charge in [-0.3, -0.25) is 0 Å². The molecule has 0 aromatic heterocycles. The number of para-hydroxylation sites is 1. The maximum absolute atomic E-state index is 6.39. The van der Waals surface area contributed by atoms with Crippen molar-refractivity contribution in [3.8, 4) is 11.5 Å². The van der Waals surface area contributed by atoms with Crippen LogP contribution in [0.2, 0.25) is 0 Å². The largest absolute Gasteiger partial charge is 0.491 e. The Bertz CT molecular complexity index is 1030. The highest BCUT2D eigenvalue weighted by atomic mass is 16.6. The summed E-state index contributed by atoms with van der Waals surface area (Å²) in [6.07, 6.45) is 17.4. The number of aryl methyl sites for hydroxylation is 1. The molecule has 0 amide bonds. The molecular formula is C32H40O4. The third kappa shape index (κ3) is 7.24. The minimum atomic E-state index is 0.254. The summed E-state index contributed by atoms with van der Waals surface area (Å²) in [5, 5.41) is 0. The molecule has 3 aliphatic rings. The van der Waals surface area contributed by atoms with Gasteiger partial charge >= 0.3 is 0 Å². The fourth-order valence-corrected chi connectivity index (χ4v) is 4.85. The number of benzene rings is 2. The molecule has 4 heteroatoms. The van der Waals surface area contributed by atoms with E-state index in [0.717, 1.165) is 37.6 Å². The summed E-state index contributed by atoms with van der Waals surface area (Å²) in [5.41, 5.74) is 5.11. The molecule has 2 fully saturated rings. The summed E-state index contributed by atoms with van der Waals surface area (Å²) in [4.78, 5) is 0. The molecule has 1 aliphatic carbocycles. The van der Waals surface area contributed by atoms with Gasteiger partial charge in [0.05, 0.1) is 13.2 Å². The Morgan fingerprint density at radius 1 is 0.833 bits per heavy atom. The first-order valence-electron chi connectivity index (χ1n) is 13.9. The molecule has 0 N–H and O–H groups in total. The Hall–Kier alpha value is -2.56. The zero-order valence-electron chi connectivity index (χ0n) is 21.6. The number of rotatable bonds is 15. The molecular weight excluding hydrogens is 448 g/mol. The van der Waals surface area contributed by atoms with Crippen molar-refractivity contribution in [1.82, 2.24) is 0 Å². The minimum absolute atomic E-state index is 0.254. The third-order valence-corrected chi connectivity index (χ3v) is 7.27. The maximum Gasteiger partial charge on any atom is 0.130 e. The Morgan fingerprint density at radius 3 is 2.25 bits per heavy atom. The Labute approximate surface area is 216 Å². The Morgan fingerprint density at radius 2 is 1.56 bits per heavy atom. The molecule has 0 saturated carbocycles. The first-order valence-corrected chi connectivity index (χ1v) is 13.9. The molecule has 2 aromatic rings. The van der Waals surface area contributed by atoms with Crippen LogP contribution >= 0.6 is 0 Å². The maximum atomic E-state index is 6.39. The van der Waals surface area contributed by atoms with Crippen molar-refractivity contribution in [2.24, 2.45) is 0 Å². The lowest BCUT2D eigenvalue weighted by Gasteiger charge is -2.20. The average Bonchev–Trinajstić information content (AvgIpc) is 3.85. The molecule has 5 rings (SSSR count). The average molecular weight is 489 g/mol. The van der Waals surface area contributed by atoms with Crippen LogP contribution < -0.4 is 9.47 Å². The summed E-state index contributed by atoms with van der Waals surface area (Å²) in [7, 11) is 0. The molecule has 4 nitrogen and oxygen atoms in total. The van der Waals surface area contributed by atoms with Crippen molar-refractivity contribution in [3.05, 3.63) is 77.4 Å². The molecule has 0 spiro atoms. The van der Waals surface area contributed by atoms with Crippen LogP contribution in [0.15, 0.2) is 60.7 Å². The highest BCUT2D eigenvalue weighted by Gasteiger charge is 2.25. The van der Waals surface area contributed by atoms with Gasteiger partial charge in [0.2, 0.25) is 0 Å². The van der Waals surface area contributed by atoms with Crippen LogP contribution in [-0.2, 0) is 15.9 Å². The second-order valence-corrected chi connectivity index (χ2v) is 10.3. The van der Waals surface area contributed by atoms with Crippen LogP contribution in [0.4, 0.5) is 0 Å². The van der Waals surface area contributed by atoms with E-state index in [1.807, 2.05) is 0 Å². The Kier molecular flexibility index (Phi) is 8.79. The number of unbranched alkanes of at least 4 members (excludes halogenated alkanes) is 5. The lowest BCUT2D eigenvalue weighted by atomic mass is 9.87. The Balaban J connectivity index is 1.22. The number of hydrogen-bond donors (Lipinski definition) is 0. The second kappa shape index (κ2) is 12.6. The third-order valence-electron chi connectivity index (χ3n) is 7.27. The van der Waals surface area contributed by atoms with Gasteiger partial charge in [0, 0.05) is 11.5 Å². The fourth-order valence-electron chi connectivity index (χ4n) is 4.85. The van der Waals surface area contributed by atoms with E-state index in [2.05, 4.69) is 67.6 Å². The van der Waals surface area contributed by atoms with E-state index in [1.54, 1.807) is 0 Å². The summed E-state index contributed by atoms with van der Waals surface area (Å²) in [5.74, 6) is 2.34. The summed E-state index contributed by atoms with van der Waals surface area (Å²) >= 11 is 0. The van der Waals surface area contributed by atoms with Crippen LogP contribution in [-0.4, -0.2) is 38.6 Å². The molecule has 3 unspecified atom stereocenters. The lowest BCUT2D eigenvalue weighted by Crippen LogP contribution is -2.08. The fraction of sp³-hybridized carbons (Fsp3) is 0.500. The first kappa shape index (κ1) is 25.1. The van der Waals surface area contributed by atoms with E-state index in [1.165, 1.54) is 60.8 Å². The van der Waals surface area contributed by atoms with E-state index in [9.17, 15) is 0 Å². The molecule has 2 heterocycles. The van der Waals surface area contributed by atoms with Crippen LogP contribution in [0.1, 0.15) is 74.5 Å². The van der Waals surface area contributed by atoms with Gasteiger partial charge in [-0.1, -0.05) is 87.6 Å². The van der Waals surface area contributed by atoms with Gasteiger partial charge in [-0.05, 0) is 48.1 Å². The molecule has 192 valence electrons. The van der Waals surface area contributed by atoms with Gasteiger partial charge in [0.1, 0.15) is 36.9 Å². The quantitative estimate of drug-likeness (QED) is 0.195. The monoisotopic (exact) mass is 488 g/mol. The molecule has 0 radical (unpaired) electrons. The number of ether oxygens (including phenoxy) is 4. The van der Waals surface area contributed by atoms with E-state index in [0.29, 0.717) is 19.1 Å². The van der Waals surface area contributed by atoms with Gasteiger partial charge in [-0.15, -0.1) is 0 Å². The summed E-state index contributed by atoms with van der Waals surface area (Å²) in [6.45, 7) is 5.19. The highest BCUT2D eigenvalue weighted by Crippen LogP contribution is 2.37. The predicted octanol–water partition coefficient (Wildman–Crippen LogP) is 7.27. The van der Waals surface area contributed by atoms with Crippen molar-refractivity contribution < 1.29 is 18.9 Å². The van der Waals surface area contributed by atoms with Crippen LogP contribution in [0.3, 0.4) is 0 Å². The first-order chi connectivity index (χ1) is 17.8. The van der Waals surface area contributed by atoms with Gasteiger partial charge < -0.3 is 18.9 Å². The number of allylic oxidation sites excluding steroid dienone is 4. The standard InChI is InChI=1S/C32H40O4/c1-2-3-4-5-6-7-9-27-10-8-11-31(32(27)36-23-30-22-35-30)26-14-12-24(13-15-26)25-16-18-28(19-17-25)33-20-29-21-34-29/h8,10-12,14-19,24,29-30H,2-7,9,13,20-23H2,1H3. The van der Waals surface area contributed by atoms with E-state index in [-0.39, 0.29) is 12.2 Å². The predicted molar refractivity (Wildman–Crippen MR) is 145 cm³/mol. The van der Waals surface area contributed by atoms with Crippen LogP contribution in [0.25, 0.3) is 5.57 Å². The molecule has 36 heavy (non-hydrogen) atoms. The normalized spacial score (nSPS) is 22.2. The van der Waals surface area contributed by atoms with Gasteiger partial charge in [-0.2, -0.15) is 0 Å². The van der Waals surface area contributed by atoms with Gasteiger partial charge in [0.15, 0.2) is 0 Å². The topological polar surface area (TPSA) is 43.5 Å². The smallest absolute Gasteiger partial charge is 0.130 e. The second-order valence-electron chi connectivity index (χ2n) is 10.3. The lowest BCUT2D eigenvalue weighted by molar-refractivity contribution is 0.260. The van der Waals surface area contributed by atoms with Crippen molar-refractivity contribution in [3.63, 3.8) is 0 Å². The van der Waals surface area contributed by atoms with E-state index >= 15 is 0 Å². The van der Waals surface area contributed by atoms with E-state index in [4.69, 9.17) is 18.9 Å². The molecule has 2 aliphatic heterocycles. The van der Waals surface area contributed by atoms with Crippen molar-refractivity contribution in [2.45, 2.75) is 76.4 Å². The van der Waals surface area contributed by atoms with Crippen LogP contribution in [0.5, 0.6) is 11.5 Å². The van der Waals surface area contributed by atoms with Gasteiger partial charge in [0.25, 0.3) is 0 Å². The van der Waals surface area contributed by atoms with Gasteiger partial charge in [-0.25, -0.2) is 0 Å². The van der Waals surface area contributed by atoms with Crippen molar-refractivity contribution in [2.75, 3.05) is 26.4 Å². The number of hydrogen-bond acceptors (Lipinski definition) is 4. The zero-order chi connectivity index (χ0) is 24.6. The van der Waals surface area contributed by atoms with Crippen LogP contribution in [0, 0.1) is 0 Å².